The molecule has 0 unspecified atom stereocenters. The molecule has 7 heteroatoms. The number of nitrogens with one attached hydrogen (secondary N) is 1. The lowest BCUT2D eigenvalue weighted by Crippen LogP contribution is -2.42. The predicted octanol–water partition coefficient (Wildman–Crippen LogP) is 3.24. The number of benzene rings is 1. The van der Waals surface area contributed by atoms with Crippen molar-refractivity contribution in [1.29, 1.82) is 0 Å². The zero-order valence-corrected chi connectivity index (χ0v) is 14.8. The molecule has 0 bridgehead atoms. The van der Waals surface area contributed by atoms with Gasteiger partial charge in [0.25, 0.3) is 0 Å². The van der Waals surface area contributed by atoms with Crippen LogP contribution < -0.4 is 4.72 Å². The molecule has 0 fully saturated rings. The van der Waals surface area contributed by atoms with Crippen LogP contribution in [0.2, 0.25) is 0 Å². The van der Waals surface area contributed by atoms with Crippen LogP contribution in [-0.4, -0.2) is 22.4 Å². The van der Waals surface area contributed by atoms with Gasteiger partial charge in [0.05, 0.1) is 19.6 Å². The van der Waals surface area contributed by atoms with Gasteiger partial charge in [0, 0.05) is 21.4 Å². The molecule has 2 atom stereocenters. The minimum Gasteiger partial charge on any atom is -0.598 e. The number of carbonyl (C=O) groups excluding carboxylic acids is 1. The second kappa shape index (κ2) is 7.58. The van der Waals surface area contributed by atoms with Gasteiger partial charge in [-0.15, -0.1) is 4.72 Å². The summed E-state index contributed by atoms with van der Waals surface area (Å²) in [6.07, 6.45) is -0.105. The minimum absolute atomic E-state index is 0.105. The highest BCUT2D eigenvalue weighted by Crippen LogP contribution is 2.27. The van der Waals surface area contributed by atoms with Crippen LogP contribution >= 0.6 is 15.9 Å². The average Bonchev–Trinajstić information content (AvgIpc) is 2.39. The normalized spacial score (nSPS) is 14.6. The van der Waals surface area contributed by atoms with E-state index in [2.05, 4.69) is 25.4 Å². The molecule has 1 rings (SSSR count). The van der Waals surface area contributed by atoms with Crippen molar-refractivity contribution in [3.63, 3.8) is 0 Å². The summed E-state index contributed by atoms with van der Waals surface area (Å²) < 4.78 is 33.8. The zero-order chi connectivity index (χ0) is 16.2. The lowest BCUT2D eigenvalue weighted by atomic mass is 10.0. The molecular formula is C14H19BrFNO3S. The maximum absolute atomic E-state index is 14.0. The van der Waals surface area contributed by atoms with Crippen LogP contribution in [0.1, 0.15) is 38.8 Å². The van der Waals surface area contributed by atoms with Gasteiger partial charge in [0.2, 0.25) is 0 Å². The van der Waals surface area contributed by atoms with Crippen molar-refractivity contribution >= 4 is 33.3 Å². The van der Waals surface area contributed by atoms with E-state index in [9.17, 15) is 13.7 Å². The van der Waals surface area contributed by atoms with E-state index in [1.807, 2.05) is 0 Å². The van der Waals surface area contributed by atoms with Gasteiger partial charge >= 0.3 is 5.97 Å². The molecular weight excluding hydrogens is 361 g/mol. The fourth-order valence-corrected chi connectivity index (χ4v) is 2.75. The van der Waals surface area contributed by atoms with Gasteiger partial charge in [0.15, 0.2) is 0 Å². The molecule has 21 heavy (non-hydrogen) atoms. The van der Waals surface area contributed by atoms with Gasteiger partial charge in [-0.3, -0.25) is 4.79 Å². The fraction of sp³-hybridized carbons (Fsp3) is 0.500. The van der Waals surface area contributed by atoms with Gasteiger partial charge in [0.1, 0.15) is 10.6 Å². The van der Waals surface area contributed by atoms with Crippen LogP contribution in [0.3, 0.4) is 0 Å². The Labute approximate surface area is 135 Å². The molecule has 0 radical (unpaired) electrons. The van der Waals surface area contributed by atoms with Crippen molar-refractivity contribution in [2.75, 3.05) is 7.11 Å². The van der Waals surface area contributed by atoms with E-state index in [1.165, 1.54) is 13.2 Å². The molecule has 0 amide bonds. The first-order chi connectivity index (χ1) is 9.65. The number of hydrogen-bond donors (Lipinski definition) is 1. The third kappa shape index (κ3) is 5.58. The second-order valence-corrected chi connectivity index (χ2v) is 8.41. The number of methoxy groups -OCH3 is 1. The van der Waals surface area contributed by atoms with Crippen LogP contribution in [-0.2, 0) is 20.9 Å². The number of carbonyl (C=O) groups is 1. The highest BCUT2D eigenvalue weighted by atomic mass is 79.9. The van der Waals surface area contributed by atoms with Gasteiger partial charge in [-0.05, 0) is 39.0 Å². The highest BCUT2D eigenvalue weighted by molar-refractivity contribution is 9.10. The Bertz CT molecular complexity index is 507. The van der Waals surface area contributed by atoms with Crippen molar-refractivity contribution in [2.24, 2.45) is 0 Å². The Morgan fingerprint density at radius 1 is 1.52 bits per heavy atom. The monoisotopic (exact) mass is 379 g/mol. The number of rotatable bonds is 5. The maximum Gasteiger partial charge on any atom is 0.307 e. The molecule has 0 saturated heterocycles. The van der Waals surface area contributed by atoms with Crippen LogP contribution in [0.5, 0.6) is 0 Å². The van der Waals surface area contributed by atoms with E-state index in [4.69, 9.17) is 0 Å². The number of ether oxygens (including phenoxy) is 1. The topological polar surface area (TPSA) is 61.4 Å². The summed E-state index contributed by atoms with van der Waals surface area (Å²) in [6, 6.07) is 3.70. The molecule has 0 aliphatic carbocycles. The van der Waals surface area contributed by atoms with E-state index in [0.717, 1.165) is 0 Å². The van der Waals surface area contributed by atoms with Gasteiger partial charge in [-0.1, -0.05) is 15.9 Å². The molecule has 0 saturated carbocycles. The van der Waals surface area contributed by atoms with Gasteiger partial charge in [-0.2, -0.15) is 0 Å². The molecule has 4 nitrogen and oxygen atoms in total. The SMILES string of the molecule is COC(=O)C[C@H](N[S@+]([O-])C(C)(C)C)c1cc(Br)ccc1F. The lowest BCUT2D eigenvalue weighted by molar-refractivity contribution is -0.141. The quantitative estimate of drug-likeness (QED) is 0.629. The molecule has 0 aliphatic rings. The zero-order valence-electron chi connectivity index (χ0n) is 12.4. The molecule has 0 aliphatic heterocycles. The summed E-state index contributed by atoms with van der Waals surface area (Å²) in [5.74, 6) is -0.969. The van der Waals surface area contributed by atoms with Gasteiger partial charge < -0.3 is 9.29 Å². The van der Waals surface area contributed by atoms with Crippen molar-refractivity contribution in [2.45, 2.75) is 38.0 Å². The van der Waals surface area contributed by atoms with Gasteiger partial charge in [-0.25, -0.2) is 4.39 Å². The summed E-state index contributed by atoms with van der Waals surface area (Å²) in [4.78, 5) is 11.5. The summed E-state index contributed by atoms with van der Waals surface area (Å²) >= 11 is 1.83. The molecule has 0 heterocycles. The number of halogens is 2. The van der Waals surface area contributed by atoms with Crippen LogP contribution in [0.15, 0.2) is 22.7 Å². The predicted molar refractivity (Wildman–Crippen MR) is 84.5 cm³/mol. The van der Waals surface area contributed by atoms with Crippen LogP contribution in [0.25, 0.3) is 0 Å². The first kappa shape index (κ1) is 18.4. The third-order valence-electron chi connectivity index (χ3n) is 2.74. The Hall–Kier alpha value is -0.630. The summed E-state index contributed by atoms with van der Waals surface area (Å²) in [6.45, 7) is 5.38. The van der Waals surface area contributed by atoms with E-state index in [-0.39, 0.29) is 12.0 Å². The average molecular weight is 380 g/mol. The van der Waals surface area contributed by atoms with Crippen molar-refractivity contribution in [3.05, 3.63) is 34.1 Å². The van der Waals surface area contributed by atoms with Crippen molar-refractivity contribution in [1.82, 2.24) is 4.72 Å². The van der Waals surface area contributed by atoms with Crippen molar-refractivity contribution in [3.8, 4) is 0 Å². The van der Waals surface area contributed by atoms with Crippen LogP contribution in [0, 0.1) is 5.82 Å². The Morgan fingerprint density at radius 3 is 2.67 bits per heavy atom. The third-order valence-corrected chi connectivity index (χ3v) is 4.84. The van der Waals surface area contributed by atoms with E-state index in [0.29, 0.717) is 4.47 Å². The standard InChI is InChI=1S/C14H19BrFNO3S/c1-14(2,3)21(19)17-12(8-13(18)20-4)10-7-9(15)5-6-11(10)16/h5-7,12,17H,8H2,1-4H3/t12-,21+/m0/s1. The molecule has 0 spiro atoms. The molecule has 1 N–H and O–H groups in total. The van der Waals surface area contributed by atoms with Crippen molar-refractivity contribution < 1.29 is 18.5 Å². The smallest absolute Gasteiger partial charge is 0.307 e. The van der Waals surface area contributed by atoms with Crippen LogP contribution in [0.4, 0.5) is 4.39 Å². The van der Waals surface area contributed by atoms with E-state index in [1.54, 1.807) is 32.9 Å². The Morgan fingerprint density at radius 2 is 2.14 bits per heavy atom. The lowest BCUT2D eigenvalue weighted by Gasteiger charge is -2.28. The number of esters is 1. The largest absolute Gasteiger partial charge is 0.598 e. The molecule has 118 valence electrons. The minimum atomic E-state index is -1.44. The Balaban J connectivity index is 3.07. The first-order valence-electron chi connectivity index (χ1n) is 6.35. The molecule has 0 aromatic heterocycles. The first-order valence-corrected chi connectivity index (χ1v) is 8.29. The summed E-state index contributed by atoms with van der Waals surface area (Å²) in [5.41, 5.74) is 0.271. The van der Waals surface area contributed by atoms with E-state index >= 15 is 0 Å². The fourth-order valence-electron chi connectivity index (χ4n) is 1.55. The second-order valence-electron chi connectivity index (χ2n) is 5.50. The number of hydrogen-bond acceptors (Lipinski definition) is 4. The maximum atomic E-state index is 14.0. The highest BCUT2D eigenvalue weighted by Gasteiger charge is 2.32. The molecule has 1 aromatic rings. The summed E-state index contributed by atoms with van der Waals surface area (Å²) in [7, 11) is 1.26. The summed E-state index contributed by atoms with van der Waals surface area (Å²) in [5, 5.41) is 0. The Kier molecular flexibility index (Phi) is 6.65. The molecule has 1 aromatic carbocycles. The van der Waals surface area contributed by atoms with E-state index < -0.39 is 33.9 Å².